The van der Waals surface area contributed by atoms with E-state index in [4.69, 9.17) is 4.74 Å². The van der Waals surface area contributed by atoms with Crippen LogP contribution in [0.4, 0.5) is 13.2 Å². The van der Waals surface area contributed by atoms with Gasteiger partial charge in [0, 0.05) is 13.1 Å². The molecule has 1 aliphatic rings. The molecular weight excluding hydrogens is 391 g/mol. The highest BCUT2D eigenvalue weighted by molar-refractivity contribution is 7.89. The number of ether oxygens (including phenoxy) is 1. The molecule has 0 bridgehead atoms. The number of hydrogen-bond acceptors (Lipinski definition) is 3. The maximum Gasteiger partial charge on any atom is 0.416 e. The van der Waals surface area contributed by atoms with Gasteiger partial charge in [-0.2, -0.15) is 17.5 Å². The van der Waals surface area contributed by atoms with Crippen LogP contribution in [0.1, 0.15) is 24.0 Å². The third kappa shape index (κ3) is 5.12. The van der Waals surface area contributed by atoms with Crippen LogP contribution in [0.15, 0.2) is 59.5 Å². The Labute approximate surface area is 163 Å². The van der Waals surface area contributed by atoms with Crippen LogP contribution in [0.3, 0.4) is 0 Å². The number of benzene rings is 2. The van der Waals surface area contributed by atoms with Crippen molar-refractivity contribution in [3.8, 4) is 0 Å². The predicted octanol–water partition coefficient (Wildman–Crippen LogP) is 4.32. The number of halogens is 3. The summed E-state index contributed by atoms with van der Waals surface area (Å²) in [7, 11) is -3.82. The van der Waals surface area contributed by atoms with Crippen molar-refractivity contribution in [3.05, 3.63) is 65.7 Å². The Balaban J connectivity index is 1.60. The Morgan fingerprint density at radius 1 is 1.04 bits per heavy atom. The van der Waals surface area contributed by atoms with Crippen LogP contribution in [0.5, 0.6) is 0 Å². The first-order valence-corrected chi connectivity index (χ1v) is 10.5. The quantitative estimate of drug-likeness (QED) is 0.709. The van der Waals surface area contributed by atoms with E-state index < -0.39 is 21.8 Å². The first-order chi connectivity index (χ1) is 13.3. The predicted molar refractivity (Wildman–Crippen MR) is 99.0 cm³/mol. The molecule has 1 atom stereocenters. The fraction of sp³-hybridized carbons (Fsp3) is 0.400. The second kappa shape index (κ2) is 8.63. The Morgan fingerprint density at radius 2 is 1.71 bits per heavy atom. The average molecular weight is 413 g/mol. The minimum Gasteiger partial charge on any atom is -0.376 e. The topological polar surface area (TPSA) is 46.6 Å². The Bertz CT molecular complexity index is 868. The summed E-state index contributed by atoms with van der Waals surface area (Å²) >= 11 is 0. The van der Waals surface area contributed by atoms with Crippen LogP contribution in [0.25, 0.3) is 0 Å². The van der Waals surface area contributed by atoms with Crippen molar-refractivity contribution in [3.63, 3.8) is 0 Å². The zero-order valence-electron chi connectivity index (χ0n) is 15.2. The number of sulfonamides is 1. The normalized spacial score (nSPS) is 18.9. The van der Waals surface area contributed by atoms with E-state index in [9.17, 15) is 21.6 Å². The zero-order chi connectivity index (χ0) is 20.2. The van der Waals surface area contributed by atoms with E-state index in [1.54, 1.807) is 0 Å². The Morgan fingerprint density at radius 3 is 2.36 bits per heavy atom. The van der Waals surface area contributed by atoms with Crippen LogP contribution >= 0.6 is 0 Å². The number of nitrogens with zero attached hydrogens (tertiary/aromatic N) is 1. The molecule has 0 aliphatic carbocycles. The first-order valence-electron chi connectivity index (χ1n) is 9.06. The van der Waals surface area contributed by atoms with E-state index >= 15 is 0 Å². The molecule has 0 amide bonds. The highest BCUT2D eigenvalue weighted by Crippen LogP contribution is 2.31. The van der Waals surface area contributed by atoms with Crippen molar-refractivity contribution < 1.29 is 26.3 Å². The van der Waals surface area contributed by atoms with Gasteiger partial charge in [-0.15, -0.1) is 0 Å². The minimum atomic E-state index is -4.49. The summed E-state index contributed by atoms with van der Waals surface area (Å²) in [6.45, 7) is 1.56. The molecule has 0 spiro atoms. The molecule has 3 rings (SSSR count). The summed E-state index contributed by atoms with van der Waals surface area (Å²) in [5.41, 5.74) is 0.185. The van der Waals surface area contributed by atoms with Gasteiger partial charge in [-0.25, -0.2) is 8.42 Å². The smallest absolute Gasteiger partial charge is 0.376 e. The van der Waals surface area contributed by atoms with E-state index in [-0.39, 0.29) is 10.8 Å². The fourth-order valence-corrected chi connectivity index (χ4v) is 4.82. The summed E-state index contributed by atoms with van der Waals surface area (Å²) in [4.78, 5) is -0.119. The summed E-state index contributed by atoms with van der Waals surface area (Å²) in [6, 6.07) is 13.4. The molecule has 1 fully saturated rings. The summed E-state index contributed by atoms with van der Waals surface area (Å²) in [5.74, 6) is 0.0571. The Hall–Kier alpha value is -1.90. The zero-order valence-corrected chi connectivity index (χ0v) is 16.0. The average Bonchev–Trinajstić information content (AvgIpc) is 2.68. The van der Waals surface area contributed by atoms with Gasteiger partial charge in [-0.05, 0) is 48.6 Å². The number of hydrogen-bond donors (Lipinski definition) is 0. The van der Waals surface area contributed by atoms with Crippen molar-refractivity contribution in [1.29, 1.82) is 0 Å². The lowest BCUT2D eigenvalue weighted by Crippen LogP contribution is -2.41. The van der Waals surface area contributed by atoms with Gasteiger partial charge in [0.1, 0.15) is 0 Å². The molecular formula is C20H22F3NO3S. The van der Waals surface area contributed by atoms with Crippen molar-refractivity contribution >= 4 is 10.0 Å². The molecule has 0 radical (unpaired) electrons. The van der Waals surface area contributed by atoms with Crippen molar-refractivity contribution in [2.24, 2.45) is 5.92 Å². The van der Waals surface area contributed by atoms with Crippen LogP contribution in [0, 0.1) is 5.92 Å². The second-order valence-electron chi connectivity index (χ2n) is 6.89. The fourth-order valence-electron chi connectivity index (χ4n) is 3.26. The van der Waals surface area contributed by atoms with Gasteiger partial charge in [0.15, 0.2) is 0 Å². The van der Waals surface area contributed by atoms with Crippen LogP contribution in [-0.4, -0.2) is 32.4 Å². The number of alkyl halides is 3. The van der Waals surface area contributed by atoms with Gasteiger partial charge < -0.3 is 4.74 Å². The lowest BCUT2D eigenvalue weighted by Gasteiger charge is -2.31. The Kier molecular flexibility index (Phi) is 6.42. The van der Waals surface area contributed by atoms with Gasteiger partial charge in [-0.1, -0.05) is 30.3 Å². The van der Waals surface area contributed by atoms with Crippen molar-refractivity contribution in [2.75, 3.05) is 19.7 Å². The largest absolute Gasteiger partial charge is 0.416 e. The minimum absolute atomic E-state index is 0.0571. The van der Waals surface area contributed by atoms with Crippen molar-refractivity contribution in [1.82, 2.24) is 4.31 Å². The van der Waals surface area contributed by atoms with Gasteiger partial charge in [-0.3, -0.25) is 0 Å². The monoisotopic (exact) mass is 413 g/mol. The van der Waals surface area contributed by atoms with E-state index in [2.05, 4.69) is 0 Å². The third-order valence-electron chi connectivity index (χ3n) is 4.77. The van der Waals surface area contributed by atoms with Gasteiger partial charge in [0.05, 0.1) is 23.7 Å². The van der Waals surface area contributed by atoms with Crippen LogP contribution < -0.4 is 0 Å². The molecule has 1 aliphatic heterocycles. The van der Waals surface area contributed by atoms with Crippen molar-refractivity contribution in [2.45, 2.75) is 30.5 Å². The SMILES string of the molecule is O=S(=O)(c1ccc(C(F)(F)F)cc1)N1CCCC(COCc2ccccc2)C1. The molecule has 28 heavy (non-hydrogen) atoms. The molecule has 0 N–H and O–H groups in total. The lowest BCUT2D eigenvalue weighted by molar-refractivity contribution is -0.137. The van der Waals surface area contributed by atoms with Crippen LogP contribution in [0.2, 0.25) is 0 Å². The van der Waals surface area contributed by atoms with E-state index in [0.717, 1.165) is 36.2 Å². The molecule has 1 heterocycles. The van der Waals surface area contributed by atoms with Gasteiger partial charge in [0.25, 0.3) is 0 Å². The third-order valence-corrected chi connectivity index (χ3v) is 6.65. The molecule has 1 unspecified atom stereocenters. The van der Waals surface area contributed by atoms with Gasteiger partial charge in [0.2, 0.25) is 10.0 Å². The van der Waals surface area contributed by atoms with E-state index in [1.165, 1.54) is 4.31 Å². The van der Waals surface area contributed by atoms with Crippen LogP contribution in [-0.2, 0) is 27.5 Å². The molecule has 152 valence electrons. The number of piperidine rings is 1. The highest BCUT2D eigenvalue weighted by Gasteiger charge is 2.33. The molecule has 2 aromatic carbocycles. The van der Waals surface area contributed by atoms with E-state index in [1.807, 2.05) is 30.3 Å². The number of rotatable bonds is 6. The van der Waals surface area contributed by atoms with Gasteiger partial charge >= 0.3 is 6.18 Å². The van der Waals surface area contributed by atoms with E-state index in [0.29, 0.717) is 32.7 Å². The maximum atomic E-state index is 12.8. The molecule has 8 heteroatoms. The molecule has 0 aromatic heterocycles. The summed E-state index contributed by atoms with van der Waals surface area (Å²) in [6.07, 6.45) is -2.94. The molecule has 2 aromatic rings. The maximum absolute atomic E-state index is 12.8. The second-order valence-corrected chi connectivity index (χ2v) is 8.83. The highest BCUT2D eigenvalue weighted by atomic mass is 32.2. The first kappa shape index (κ1) is 20.8. The lowest BCUT2D eigenvalue weighted by atomic mass is 10.0. The molecule has 4 nitrogen and oxygen atoms in total. The summed E-state index contributed by atoms with van der Waals surface area (Å²) in [5, 5.41) is 0. The summed E-state index contributed by atoms with van der Waals surface area (Å²) < 4.78 is 70.7. The standard InChI is InChI=1S/C20H22F3NO3S/c21-20(22,23)18-8-10-19(11-9-18)28(25,26)24-12-4-7-17(13-24)15-27-14-16-5-2-1-3-6-16/h1-3,5-6,8-11,17H,4,7,12-15H2. The molecule has 1 saturated heterocycles. The molecule has 0 saturated carbocycles.